The summed E-state index contributed by atoms with van der Waals surface area (Å²) in [5.74, 6) is 0.415. The van der Waals surface area contributed by atoms with Crippen LogP contribution in [-0.2, 0) is 10.0 Å². The van der Waals surface area contributed by atoms with E-state index < -0.39 is 16.1 Å². The predicted molar refractivity (Wildman–Crippen MR) is 99.9 cm³/mol. The molecule has 1 heterocycles. The monoisotopic (exact) mass is 449 g/mol. The number of nitrogens with one attached hydrogen (secondary N) is 2. The van der Waals surface area contributed by atoms with Crippen LogP contribution in [0.4, 0.5) is 11.5 Å². The van der Waals surface area contributed by atoms with Gasteiger partial charge in [-0.25, -0.2) is 18.1 Å². The van der Waals surface area contributed by atoms with E-state index in [1.54, 1.807) is 12.1 Å². The van der Waals surface area contributed by atoms with E-state index in [2.05, 4.69) is 35.9 Å². The van der Waals surface area contributed by atoms with Crippen molar-refractivity contribution < 1.29 is 13.5 Å². The van der Waals surface area contributed by atoms with Crippen LogP contribution in [0.3, 0.4) is 0 Å². The summed E-state index contributed by atoms with van der Waals surface area (Å²) in [4.78, 5) is 7.91. The van der Waals surface area contributed by atoms with Gasteiger partial charge < -0.3 is 16.2 Å². The maximum atomic E-state index is 12.2. The second-order valence-electron chi connectivity index (χ2n) is 5.12. The van der Waals surface area contributed by atoms with Crippen molar-refractivity contribution in [3.8, 4) is 0 Å². The number of nitrogen functional groups attached to an aromatic ring is 1. The minimum atomic E-state index is -3.67. The van der Waals surface area contributed by atoms with Gasteiger partial charge in [0.2, 0.25) is 15.3 Å². The van der Waals surface area contributed by atoms with Crippen LogP contribution in [0.2, 0.25) is 5.28 Å². The highest BCUT2D eigenvalue weighted by molar-refractivity contribution is 9.10. The van der Waals surface area contributed by atoms with Crippen molar-refractivity contribution in [3.05, 3.63) is 40.2 Å². The molecule has 0 spiro atoms. The maximum absolute atomic E-state index is 12.2. The third kappa shape index (κ3) is 5.79. The largest absolute Gasteiger partial charge is 0.399 e. The zero-order valence-corrected chi connectivity index (χ0v) is 16.1. The second-order valence-corrected chi connectivity index (χ2v) is 8.08. The fourth-order valence-electron chi connectivity index (χ4n) is 1.98. The summed E-state index contributed by atoms with van der Waals surface area (Å²) in [7, 11) is -3.67. The first kappa shape index (κ1) is 19.9. The number of aromatic nitrogens is 2. The highest BCUT2D eigenvalue weighted by Gasteiger charge is 2.16. The molecule has 0 radical (unpaired) electrons. The number of nitrogens with two attached hydrogens (primary N) is 1. The van der Waals surface area contributed by atoms with Crippen LogP contribution in [0.15, 0.2) is 39.8 Å². The number of hydrogen-bond acceptors (Lipinski definition) is 7. The Morgan fingerprint density at radius 2 is 2.16 bits per heavy atom. The molecule has 0 aliphatic carbocycles. The summed E-state index contributed by atoms with van der Waals surface area (Å²) in [5, 5.41) is 12.5. The van der Waals surface area contributed by atoms with Crippen LogP contribution in [0.1, 0.15) is 6.42 Å². The Labute approximate surface area is 159 Å². The summed E-state index contributed by atoms with van der Waals surface area (Å²) < 4.78 is 27.5. The van der Waals surface area contributed by atoms with Gasteiger partial charge in [-0.2, -0.15) is 4.98 Å². The summed E-state index contributed by atoms with van der Waals surface area (Å²) in [6.07, 6.45) is 1.81. The Bertz CT molecular complexity index is 837. The maximum Gasteiger partial charge on any atom is 0.240 e. The Morgan fingerprint density at radius 3 is 2.84 bits per heavy atom. The van der Waals surface area contributed by atoms with Gasteiger partial charge in [0, 0.05) is 18.4 Å². The molecule has 2 rings (SSSR count). The summed E-state index contributed by atoms with van der Waals surface area (Å²) in [5.41, 5.74) is 5.97. The van der Waals surface area contributed by atoms with Gasteiger partial charge in [-0.3, -0.25) is 0 Å². The Balaban J connectivity index is 1.95. The van der Waals surface area contributed by atoms with Crippen LogP contribution in [0, 0.1) is 0 Å². The SMILES string of the molecule is Nc1cccc(S(=O)(=O)NCCC(CO)Nc2nc(Cl)ncc2Br)c1. The van der Waals surface area contributed by atoms with Crippen molar-refractivity contribution >= 4 is 49.1 Å². The number of rotatable bonds is 8. The first-order chi connectivity index (χ1) is 11.8. The highest BCUT2D eigenvalue weighted by atomic mass is 79.9. The van der Waals surface area contributed by atoms with Crippen molar-refractivity contribution in [3.63, 3.8) is 0 Å². The quantitative estimate of drug-likeness (QED) is 0.355. The van der Waals surface area contributed by atoms with E-state index in [9.17, 15) is 13.5 Å². The molecule has 1 atom stereocenters. The van der Waals surface area contributed by atoms with Crippen LogP contribution in [0.25, 0.3) is 0 Å². The molecule has 1 aromatic carbocycles. The molecule has 25 heavy (non-hydrogen) atoms. The van der Waals surface area contributed by atoms with Gasteiger partial charge in [0.1, 0.15) is 5.82 Å². The lowest BCUT2D eigenvalue weighted by Gasteiger charge is -2.18. The average molecular weight is 451 g/mol. The van der Waals surface area contributed by atoms with Crippen LogP contribution in [0.5, 0.6) is 0 Å². The van der Waals surface area contributed by atoms with Crippen LogP contribution >= 0.6 is 27.5 Å². The molecule has 2 aromatic rings. The van der Waals surface area contributed by atoms with Crippen molar-refractivity contribution in [2.45, 2.75) is 17.4 Å². The van der Waals surface area contributed by atoms with E-state index in [4.69, 9.17) is 17.3 Å². The first-order valence-corrected chi connectivity index (χ1v) is 9.88. The van der Waals surface area contributed by atoms with Gasteiger partial charge >= 0.3 is 0 Å². The smallest absolute Gasteiger partial charge is 0.240 e. The molecular formula is C14H17BrClN5O3S. The standard InChI is InChI=1S/C14H17BrClN5O3S/c15-12-7-18-14(16)21-13(12)20-10(8-22)4-5-19-25(23,24)11-3-1-2-9(17)6-11/h1-3,6-7,10,19,22H,4-5,8,17H2,(H,18,20,21). The minimum absolute atomic E-state index is 0.0600. The third-order valence-corrected chi connectivity index (χ3v) is 5.45. The topological polar surface area (TPSA) is 130 Å². The summed E-state index contributed by atoms with van der Waals surface area (Å²) >= 11 is 9.02. The molecular weight excluding hydrogens is 434 g/mol. The normalized spacial score (nSPS) is 12.8. The lowest BCUT2D eigenvalue weighted by molar-refractivity contribution is 0.269. The molecule has 8 nitrogen and oxygen atoms in total. The van der Waals surface area contributed by atoms with E-state index in [1.165, 1.54) is 18.3 Å². The third-order valence-electron chi connectivity index (χ3n) is 3.23. The number of halogens is 2. The number of aliphatic hydroxyl groups excluding tert-OH is 1. The second kappa shape index (κ2) is 8.77. The van der Waals surface area contributed by atoms with Gasteiger partial charge in [0.15, 0.2) is 0 Å². The number of anilines is 2. The van der Waals surface area contributed by atoms with Gasteiger partial charge in [-0.1, -0.05) is 6.07 Å². The van der Waals surface area contributed by atoms with Gasteiger partial charge in [-0.15, -0.1) is 0 Å². The van der Waals surface area contributed by atoms with Gasteiger partial charge in [-0.05, 0) is 52.2 Å². The molecule has 0 saturated heterocycles. The highest BCUT2D eigenvalue weighted by Crippen LogP contribution is 2.21. The molecule has 0 saturated carbocycles. The molecule has 1 aromatic heterocycles. The fraction of sp³-hybridized carbons (Fsp3) is 0.286. The zero-order valence-electron chi connectivity index (χ0n) is 13.0. The van der Waals surface area contributed by atoms with E-state index in [-0.39, 0.29) is 23.3 Å². The minimum Gasteiger partial charge on any atom is -0.399 e. The Kier molecular flexibility index (Phi) is 6.96. The molecule has 0 aliphatic rings. The van der Waals surface area contributed by atoms with Crippen molar-refractivity contribution in [2.75, 3.05) is 24.2 Å². The Hall–Kier alpha value is -1.46. The van der Waals surface area contributed by atoms with E-state index in [0.717, 1.165) is 0 Å². The molecule has 11 heteroatoms. The molecule has 1 unspecified atom stereocenters. The van der Waals surface area contributed by atoms with E-state index >= 15 is 0 Å². The average Bonchev–Trinajstić information content (AvgIpc) is 2.57. The molecule has 0 amide bonds. The fourth-order valence-corrected chi connectivity index (χ4v) is 3.52. The first-order valence-electron chi connectivity index (χ1n) is 7.22. The van der Waals surface area contributed by atoms with E-state index in [0.29, 0.717) is 22.4 Å². The molecule has 0 aliphatic heterocycles. The van der Waals surface area contributed by atoms with Crippen molar-refractivity contribution in [2.24, 2.45) is 0 Å². The molecule has 0 fully saturated rings. The predicted octanol–water partition coefficient (Wildman–Crippen LogP) is 1.62. The molecule has 136 valence electrons. The van der Waals surface area contributed by atoms with Crippen molar-refractivity contribution in [1.29, 1.82) is 0 Å². The number of benzene rings is 1. The lowest BCUT2D eigenvalue weighted by atomic mass is 10.2. The van der Waals surface area contributed by atoms with Crippen LogP contribution in [-0.4, -0.2) is 42.7 Å². The lowest BCUT2D eigenvalue weighted by Crippen LogP contribution is -2.32. The van der Waals surface area contributed by atoms with Gasteiger partial charge in [0.25, 0.3) is 0 Å². The number of aliphatic hydroxyl groups is 1. The van der Waals surface area contributed by atoms with Gasteiger partial charge in [0.05, 0.1) is 22.0 Å². The number of sulfonamides is 1. The van der Waals surface area contributed by atoms with Crippen LogP contribution < -0.4 is 15.8 Å². The summed E-state index contributed by atoms with van der Waals surface area (Å²) in [6.45, 7) is -0.0974. The number of hydrogen-bond donors (Lipinski definition) is 4. The summed E-state index contributed by atoms with van der Waals surface area (Å²) in [6, 6.07) is 5.59. The molecule has 0 bridgehead atoms. The van der Waals surface area contributed by atoms with E-state index in [1.807, 2.05) is 0 Å². The number of nitrogens with zero attached hydrogens (tertiary/aromatic N) is 2. The molecule has 5 N–H and O–H groups in total. The zero-order chi connectivity index (χ0) is 18.4. The Morgan fingerprint density at radius 1 is 1.40 bits per heavy atom. The van der Waals surface area contributed by atoms with Crippen molar-refractivity contribution in [1.82, 2.24) is 14.7 Å².